The number of benzene rings is 2. The molecule has 0 fully saturated rings. The van der Waals surface area contributed by atoms with Crippen LogP contribution in [0.25, 0.3) is 5.69 Å². The average Bonchev–Trinajstić information content (AvgIpc) is 3.10. The molecular weight excluding hydrogens is 430 g/mol. The van der Waals surface area contributed by atoms with Crippen LogP contribution in [-0.2, 0) is 4.79 Å². The summed E-state index contributed by atoms with van der Waals surface area (Å²) in [6.07, 6.45) is 0. The number of amides is 1. The fourth-order valence-corrected chi connectivity index (χ4v) is 3.64. The number of nitrogens with zero attached hydrogens (tertiary/aromatic N) is 2. The highest BCUT2D eigenvalue weighted by atomic mass is 35.5. The maximum Gasteiger partial charge on any atom is 0.298 e. The third-order valence-corrected chi connectivity index (χ3v) is 5.82. The molecule has 8 nitrogen and oxygen atoms in total. The monoisotopic (exact) mass is 449 g/mol. The smallest absolute Gasteiger partial charge is 0.298 e. The first-order valence-electron chi connectivity index (χ1n) is 8.89. The Bertz CT molecular complexity index is 1060. The van der Waals surface area contributed by atoms with E-state index in [1.54, 1.807) is 50.4 Å². The maximum atomic E-state index is 12.7. The van der Waals surface area contributed by atoms with Gasteiger partial charge in [0.25, 0.3) is 5.03 Å². The van der Waals surface area contributed by atoms with E-state index >= 15 is 0 Å². The molecule has 1 unspecified atom stereocenters. The van der Waals surface area contributed by atoms with Crippen LogP contribution in [0.3, 0.4) is 0 Å². The van der Waals surface area contributed by atoms with E-state index in [2.05, 4.69) is 10.6 Å². The molecule has 10 heteroatoms. The molecule has 3 rings (SSSR count). The van der Waals surface area contributed by atoms with Gasteiger partial charge in [-0.05, 0) is 54.1 Å². The fraction of sp³-hybridized carbons (Fsp3) is 0.250. The Balaban J connectivity index is 1.79. The number of ether oxygens (including phenoxy) is 2. The number of thioether (sulfide) groups is 1. The minimum atomic E-state index is -0.629. The lowest BCUT2D eigenvalue weighted by Gasteiger charge is -2.14. The minimum Gasteiger partial charge on any atom is -0.538 e. The molecule has 1 heterocycles. The van der Waals surface area contributed by atoms with Crippen LogP contribution in [-0.4, -0.2) is 30.6 Å². The van der Waals surface area contributed by atoms with E-state index in [9.17, 15) is 9.90 Å². The van der Waals surface area contributed by atoms with Crippen molar-refractivity contribution in [1.82, 2.24) is 5.27 Å². The highest BCUT2D eigenvalue weighted by Crippen LogP contribution is 2.33. The number of rotatable bonds is 7. The molecule has 0 aliphatic carbocycles. The van der Waals surface area contributed by atoms with Crippen LogP contribution in [0.5, 0.6) is 17.4 Å². The number of hydrogen-bond acceptors (Lipinski definition) is 7. The predicted octanol–water partition coefficient (Wildman–Crippen LogP) is 3.12. The van der Waals surface area contributed by atoms with Crippen molar-refractivity contribution in [1.29, 1.82) is 0 Å². The van der Waals surface area contributed by atoms with Gasteiger partial charge in [-0.3, -0.25) is 4.79 Å². The van der Waals surface area contributed by atoms with Crippen molar-refractivity contribution in [3.8, 4) is 23.1 Å². The van der Waals surface area contributed by atoms with Crippen LogP contribution >= 0.6 is 23.4 Å². The van der Waals surface area contributed by atoms with Gasteiger partial charge in [0, 0.05) is 23.2 Å². The van der Waals surface area contributed by atoms with E-state index in [4.69, 9.17) is 25.6 Å². The van der Waals surface area contributed by atoms with E-state index in [0.717, 1.165) is 17.3 Å². The Hall–Kier alpha value is -2.91. The third-order valence-electron chi connectivity index (χ3n) is 4.29. The Kier molecular flexibility index (Phi) is 6.73. The summed E-state index contributed by atoms with van der Waals surface area (Å²) in [6.45, 7) is 3.51. The van der Waals surface area contributed by atoms with Gasteiger partial charge in [0.15, 0.2) is 5.95 Å². The summed E-state index contributed by atoms with van der Waals surface area (Å²) in [5.41, 5.74) is 1.89. The molecule has 1 aromatic heterocycles. The van der Waals surface area contributed by atoms with E-state index in [1.165, 1.54) is 11.8 Å². The summed E-state index contributed by atoms with van der Waals surface area (Å²) >= 11 is 7.15. The van der Waals surface area contributed by atoms with Crippen molar-refractivity contribution >= 4 is 35.0 Å². The molecule has 0 aliphatic rings. The molecule has 3 aromatic rings. The molecule has 1 atom stereocenters. The second kappa shape index (κ2) is 9.27. The third kappa shape index (κ3) is 4.63. The predicted molar refractivity (Wildman–Crippen MR) is 111 cm³/mol. The van der Waals surface area contributed by atoms with E-state index in [0.29, 0.717) is 27.9 Å². The van der Waals surface area contributed by atoms with Crippen LogP contribution in [0.4, 0.5) is 5.69 Å². The Morgan fingerprint density at radius 2 is 1.97 bits per heavy atom. The van der Waals surface area contributed by atoms with Crippen LogP contribution in [0.15, 0.2) is 45.9 Å². The van der Waals surface area contributed by atoms with Crippen LogP contribution < -0.4 is 24.6 Å². The molecule has 0 radical (unpaired) electrons. The van der Waals surface area contributed by atoms with Gasteiger partial charge >= 0.3 is 0 Å². The first-order valence-corrected chi connectivity index (χ1v) is 10.1. The number of hydrogen-bond donors (Lipinski definition) is 1. The number of nitrogens with one attached hydrogen (secondary N) is 1. The van der Waals surface area contributed by atoms with Crippen LogP contribution in [0.1, 0.15) is 12.5 Å². The topological polar surface area (TPSA) is 101 Å². The van der Waals surface area contributed by atoms with E-state index < -0.39 is 11.2 Å². The molecule has 2 aromatic carbocycles. The highest BCUT2D eigenvalue weighted by molar-refractivity contribution is 8.00. The van der Waals surface area contributed by atoms with Gasteiger partial charge in [-0.25, -0.2) is 0 Å². The summed E-state index contributed by atoms with van der Waals surface area (Å²) in [6, 6.07) is 10.3. The first kappa shape index (κ1) is 21.8. The number of halogens is 1. The van der Waals surface area contributed by atoms with Crippen molar-refractivity contribution in [3.63, 3.8) is 0 Å². The minimum absolute atomic E-state index is 0.182. The second-order valence-corrected chi connectivity index (χ2v) is 8.06. The number of anilines is 1. The number of methoxy groups -OCH3 is 2. The standard InChI is InChI=1S/C20H20ClN3O5S/c1-11-9-16(17(28-4)10-15(11)21)22-18(25)12(2)30-19-20(26)29-23-24(19)13-5-7-14(27-3)8-6-13/h5-10,12H,1-4H3,(H-,22,23,25,26). The summed E-state index contributed by atoms with van der Waals surface area (Å²) in [5.74, 6) is 0.163. The van der Waals surface area contributed by atoms with Crippen molar-refractivity contribution in [2.45, 2.75) is 24.1 Å². The van der Waals surface area contributed by atoms with Crippen LogP contribution in [0, 0.1) is 6.92 Å². The van der Waals surface area contributed by atoms with E-state index in [1.807, 2.05) is 6.92 Å². The molecule has 0 aliphatic heterocycles. The lowest BCUT2D eigenvalue weighted by Crippen LogP contribution is -2.36. The summed E-state index contributed by atoms with van der Waals surface area (Å²) < 4.78 is 16.6. The van der Waals surface area contributed by atoms with Gasteiger partial charge in [0.1, 0.15) is 11.5 Å². The Labute approximate surface area is 182 Å². The quantitative estimate of drug-likeness (QED) is 0.436. The van der Waals surface area contributed by atoms with Gasteiger partial charge in [0.05, 0.1) is 30.4 Å². The van der Waals surface area contributed by atoms with Gasteiger partial charge in [-0.2, -0.15) is 0 Å². The van der Waals surface area contributed by atoms with E-state index in [-0.39, 0.29) is 10.9 Å². The zero-order chi connectivity index (χ0) is 21.8. The molecule has 30 heavy (non-hydrogen) atoms. The molecule has 1 N–H and O–H groups in total. The molecule has 1 amide bonds. The molecule has 0 saturated heterocycles. The highest BCUT2D eigenvalue weighted by Gasteiger charge is 2.27. The number of carbonyl (C=O) groups excluding carboxylic acids is 1. The zero-order valence-corrected chi connectivity index (χ0v) is 18.3. The number of carbonyl (C=O) groups is 1. The second-order valence-electron chi connectivity index (χ2n) is 6.33. The maximum absolute atomic E-state index is 12.7. The van der Waals surface area contributed by atoms with Crippen molar-refractivity contribution in [2.75, 3.05) is 19.5 Å². The number of aromatic nitrogens is 2. The fourth-order valence-electron chi connectivity index (χ4n) is 2.61. The summed E-state index contributed by atoms with van der Waals surface area (Å²) in [5, 5.41) is 18.9. The number of aryl methyl sites for hydroxylation is 1. The van der Waals surface area contributed by atoms with Crippen molar-refractivity contribution in [2.24, 2.45) is 0 Å². The van der Waals surface area contributed by atoms with Gasteiger partial charge < -0.3 is 24.4 Å². The van der Waals surface area contributed by atoms with Crippen molar-refractivity contribution in [3.05, 3.63) is 47.0 Å². The first-order chi connectivity index (χ1) is 14.3. The molecule has 158 valence electrons. The van der Waals surface area contributed by atoms with Gasteiger partial charge in [-0.1, -0.05) is 11.6 Å². The van der Waals surface area contributed by atoms with Gasteiger partial charge in [0.2, 0.25) is 11.6 Å². The molecule has 0 saturated carbocycles. The normalized spacial score (nSPS) is 11.8. The summed E-state index contributed by atoms with van der Waals surface area (Å²) in [7, 11) is 3.06. The molecule has 0 spiro atoms. The van der Waals surface area contributed by atoms with Crippen LogP contribution in [0.2, 0.25) is 5.02 Å². The Morgan fingerprint density at radius 3 is 2.60 bits per heavy atom. The molecule has 0 bridgehead atoms. The SMILES string of the molecule is COc1ccc(-[n+]2noc([O-])c2SC(C)C(=O)Nc2cc(C)c(Cl)cc2OC)cc1. The average molecular weight is 450 g/mol. The van der Waals surface area contributed by atoms with Gasteiger partial charge in [-0.15, -0.1) is 0 Å². The molecular formula is C20H20ClN3O5S. The summed E-state index contributed by atoms with van der Waals surface area (Å²) in [4.78, 5) is 12.7. The van der Waals surface area contributed by atoms with Crippen molar-refractivity contribution < 1.29 is 28.6 Å². The zero-order valence-electron chi connectivity index (χ0n) is 16.8. The largest absolute Gasteiger partial charge is 0.538 e. The Morgan fingerprint density at radius 1 is 1.27 bits per heavy atom. The lowest BCUT2D eigenvalue weighted by atomic mass is 10.2. The lowest BCUT2D eigenvalue weighted by molar-refractivity contribution is -0.705.